The zero-order valence-electron chi connectivity index (χ0n) is 10.2. The molecule has 0 atom stereocenters. The third kappa shape index (κ3) is 2.30. The average molecular weight is 258 g/mol. The van der Waals surface area contributed by atoms with Crippen LogP contribution in [0, 0.1) is 0 Å². The third-order valence-corrected chi connectivity index (χ3v) is 3.03. The summed E-state index contributed by atoms with van der Waals surface area (Å²) >= 11 is 0. The van der Waals surface area contributed by atoms with Crippen molar-refractivity contribution >= 4 is 11.0 Å². The van der Waals surface area contributed by atoms with Crippen LogP contribution < -0.4 is 5.69 Å². The second-order valence-corrected chi connectivity index (χ2v) is 4.41. The Bertz CT molecular complexity index is 753. The highest BCUT2D eigenvalue weighted by Gasteiger charge is 2.05. The maximum Gasteiger partial charge on any atom is 0.323 e. The lowest BCUT2D eigenvalue weighted by Gasteiger charge is -1.98. The van der Waals surface area contributed by atoms with Gasteiger partial charge in [0.15, 0.2) is 0 Å². The van der Waals surface area contributed by atoms with Gasteiger partial charge < -0.3 is 20.1 Å². The van der Waals surface area contributed by atoms with E-state index in [1.54, 1.807) is 6.20 Å². The number of aromatic nitrogens is 4. The highest BCUT2D eigenvalue weighted by molar-refractivity contribution is 5.80. The van der Waals surface area contributed by atoms with Gasteiger partial charge in [-0.15, -0.1) is 0 Å². The van der Waals surface area contributed by atoms with Crippen LogP contribution in [0.1, 0.15) is 12.2 Å². The van der Waals surface area contributed by atoms with E-state index >= 15 is 0 Å². The summed E-state index contributed by atoms with van der Waals surface area (Å²) in [7, 11) is 0. The third-order valence-electron chi connectivity index (χ3n) is 3.03. The molecular weight excluding hydrogens is 244 g/mol. The number of nitrogens with zero attached hydrogens (tertiary/aromatic N) is 1. The number of H-pyrrole nitrogens is 3. The molecule has 98 valence electrons. The Morgan fingerprint density at radius 1 is 1.16 bits per heavy atom. The van der Waals surface area contributed by atoms with Gasteiger partial charge in [0, 0.05) is 18.6 Å². The van der Waals surface area contributed by atoms with Gasteiger partial charge in [0.25, 0.3) is 0 Å². The maximum atomic E-state index is 11.2. The first-order chi connectivity index (χ1) is 9.26. The summed E-state index contributed by atoms with van der Waals surface area (Å²) in [6.45, 7) is 0.159. The van der Waals surface area contributed by atoms with Crippen LogP contribution in [0.5, 0.6) is 0 Å². The van der Waals surface area contributed by atoms with Gasteiger partial charge >= 0.3 is 5.69 Å². The molecule has 0 radical (unpaired) electrons. The number of nitrogens with one attached hydrogen (secondary N) is 3. The van der Waals surface area contributed by atoms with E-state index in [0.717, 1.165) is 34.5 Å². The maximum absolute atomic E-state index is 11.2. The molecule has 0 spiro atoms. The average Bonchev–Trinajstić information content (AvgIpc) is 3.00. The van der Waals surface area contributed by atoms with Crippen molar-refractivity contribution < 1.29 is 5.11 Å². The van der Waals surface area contributed by atoms with Gasteiger partial charge in [-0.3, -0.25) is 0 Å². The standard InChI is InChI=1S/C13H14N4O2/c18-5-1-2-12-14-7-11(15-12)8-3-4-9-10(6-8)17-13(19)16-9/h3-4,6-7,18H,1-2,5H2,(H,14,15)(H2,16,17,19). The SMILES string of the molecule is O=c1[nH]c2ccc(-c3cnc(CCCO)[nH]3)cc2[nH]1. The number of imidazole rings is 2. The molecule has 6 nitrogen and oxygen atoms in total. The summed E-state index contributed by atoms with van der Waals surface area (Å²) < 4.78 is 0. The van der Waals surface area contributed by atoms with E-state index in [1.165, 1.54) is 0 Å². The van der Waals surface area contributed by atoms with Gasteiger partial charge in [0.2, 0.25) is 0 Å². The number of hydrogen-bond acceptors (Lipinski definition) is 3. The highest BCUT2D eigenvalue weighted by Crippen LogP contribution is 2.20. The molecule has 0 saturated heterocycles. The van der Waals surface area contributed by atoms with E-state index in [4.69, 9.17) is 5.11 Å². The Morgan fingerprint density at radius 2 is 2.00 bits per heavy atom. The monoisotopic (exact) mass is 258 g/mol. The summed E-state index contributed by atoms with van der Waals surface area (Å²) in [4.78, 5) is 24.1. The smallest absolute Gasteiger partial charge is 0.323 e. The van der Waals surface area contributed by atoms with Crippen molar-refractivity contribution in [2.24, 2.45) is 0 Å². The first-order valence-electron chi connectivity index (χ1n) is 6.13. The minimum Gasteiger partial charge on any atom is -0.396 e. The predicted molar refractivity (Wildman–Crippen MR) is 71.9 cm³/mol. The molecule has 3 aromatic rings. The van der Waals surface area contributed by atoms with Crippen molar-refractivity contribution in [1.29, 1.82) is 0 Å². The second-order valence-electron chi connectivity index (χ2n) is 4.41. The summed E-state index contributed by atoms with van der Waals surface area (Å²) in [5.74, 6) is 0.853. The molecule has 2 aromatic heterocycles. The van der Waals surface area contributed by atoms with Crippen molar-refractivity contribution in [2.45, 2.75) is 12.8 Å². The second kappa shape index (κ2) is 4.74. The van der Waals surface area contributed by atoms with Gasteiger partial charge in [-0.2, -0.15) is 0 Å². The van der Waals surface area contributed by atoms with E-state index in [2.05, 4.69) is 19.9 Å². The molecule has 19 heavy (non-hydrogen) atoms. The van der Waals surface area contributed by atoms with Crippen LogP contribution >= 0.6 is 0 Å². The Balaban J connectivity index is 1.94. The van der Waals surface area contributed by atoms with Gasteiger partial charge in [-0.1, -0.05) is 6.07 Å². The topological polar surface area (TPSA) is 97.6 Å². The van der Waals surface area contributed by atoms with E-state index in [0.29, 0.717) is 6.42 Å². The first-order valence-corrected chi connectivity index (χ1v) is 6.13. The molecule has 0 fully saturated rings. The van der Waals surface area contributed by atoms with E-state index < -0.39 is 0 Å². The molecule has 0 amide bonds. The minimum atomic E-state index is -0.208. The molecular formula is C13H14N4O2. The van der Waals surface area contributed by atoms with Gasteiger partial charge in [-0.05, 0) is 18.6 Å². The van der Waals surface area contributed by atoms with Crippen molar-refractivity contribution in [3.63, 3.8) is 0 Å². The number of aliphatic hydroxyl groups excluding tert-OH is 1. The van der Waals surface area contributed by atoms with Crippen molar-refractivity contribution in [3.05, 3.63) is 40.7 Å². The summed E-state index contributed by atoms with van der Waals surface area (Å²) in [5.41, 5.74) is 3.21. The lowest BCUT2D eigenvalue weighted by Crippen LogP contribution is -1.99. The predicted octanol–water partition coefficient (Wildman–Crippen LogP) is 1.17. The van der Waals surface area contributed by atoms with Gasteiger partial charge in [0.05, 0.1) is 22.9 Å². The lowest BCUT2D eigenvalue weighted by atomic mass is 10.1. The Hall–Kier alpha value is -2.34. The molecule has 4 N–H and O–H groups in total. The molecule has 1 aromatic carbocycles. The fourth-order valence-electron chi connectivity index (χ4n) is 2.08. The first kappa shape index (κ1) is 11.7. The number of hydrogen-bond donors (Lipinski definition) is 4. The molecule has 2 heterocycles. The Labute approximate surface area is 108 Å². The number of aromatic amines is 3. The summed E-state index contributed by atoms with van der Waals surface area (Å²) in [6, 6.07) is 5.68. The van der Waals surface area contributed by atoms with E-state index in [9.17, 15) is 4.79 Å². The van der Waals surface area contributed by atoms with Crippen LogP contribution in [0.4, 0.5) is 0 Å². The molecule has 0 unspecified atom stereocenters. The normalized spacial score (nSPS) is 11.2. The number of fused-ring (bicyclic) bond motifs is 1. The number of aryl methyl sites for hydroxylation is 1. The van der Waals surface area contributed by atoms with Crippen molar-refractivity contribution in [1.82, 2.24) is 19.9 Å². The van der Waals surface area contributed by atoms with Crippen molar-refractivity contribution in [3.8, 4) is 11.3 Å². The zero-order valence-corrected chi connectivity index (χ0v) is 10.2. The van der Waals surface area contributed by atoms with Crippen LogP contribution in [0.15, 0.2) is 29.2 Å². The number of rotatable bonds is 4. The summed E-state index contributed by atoms with van der Waals surface area (Å²) in [5, 5.41) is 8.79. The van der Waals surface area contributed by atoms with E-state index in [1.807, 2.05) is 18.2 Å². The molecule has 0 aliphatic heterocycles. The lowest BCUT2D eigenvalue weighted by molar-refractivity contribution is 0.287. The molecule has 3 rings (SSSR count). The molecule has 0 bridgehead atoms. The van der Waals surface area contributed by atoms with E-state index in [-0.39, 0.29) is 12.3 Å². The fourth-order valence-corrected chi connectivity index (χ4v) is 2.08. The fraction of sp³-hybridized carbons (Fsp3) is 0.231. The number of benzene rings is 1. The van der Waals surface area contributed by atoms with Crippen LogP contribution in [-0.2, 0) is 6.42 Å². The van der Waals surface area contributed by atoms with Crippen LogP contribution in [-0.4, -0.2) is 31.6 Å². The van der Waals surface area contributed by atoms with Crippen LogP contribution in [0.25, 0.3) is 22.3 Å². The Morgan fingerprint density at radius 3 is 2.84 bits per heavy atom. The highest BCUT2D eigenvalue weighted by atomic mass is 16.2. The van der Waals surface area contributed by atoms with Crippen LogP contribution in [0.3, 0.4) is 0 Å². The molecule has 0 aliphatic rings. The molecule has 0 saturated carbocycles. The van der Waals surface area contributed by atoms with Gasteiger partial charge in [-0.25, -0.2) is 9.78 Å². The molecule has 0 aliphatic carbocycles. The van der Waals surface area contributed by atoms with Crippen molar-refractivity contribution in [2.75, 3.05) is 6.61 Å². The van der Waals surface area contributed by atoms with Gasteiger partial charge in [0.1, 0.15) is 5.82 Å². The van der Waals surface area contributed by atoms with Crippen LogP contribution in [0.2, 0.25) is 0 Å². The zero-order chi connectivity index (χ0) is 13.2. The largest absolute Gasteiger partial charge is 0.396 e. The molecule has 6 heteroatoms. The summed E-state index contributed by atoms with van der Waals surface area (Å²) in [6.07, 6.45) is 3.18. The minimum absolute atomic E-state index is 0.159. The number of aliphatic hydroxyl groups is 1. The quantitative estimate of drug-likeness (QED) is 0.565. The Kier molecular flexibility index (Phi) is 2.92.